The van der Waals surface area contributed by atoms with Crippen LogP contribution < -0.4 is 9.64 Å². The highest BCUT2D eigenvalue weighted by Gasteiger charge is 2.38. The van der Waals surface area contributed by atoms with Crippen LogP contribution in [-0.2, 0) is 6.61 Å². The average molecular weight is 455 g/mol. The van der Waals surface area contributed by atoms with E-state index in [9.17, 15) is 20.1 Å². The summed E-state index contributed by atoms with van der Waals surface area (Å²) in [6.45, 7) is 0.145. The van der Waals surface area contributed by atoms with Gasteiger partial charge in [0, 0.05) is 11.1 Å². The predicted octanol–water partition coefficient (Wildman–Crippen LogP) is 5.48. The van der Waals surface area contributed by atoms with Crippen molar-refractivity contribution in [1.82, 2.24) is 0 Å². The smallest absolute Gasteiger partial charge is 0.266 e. The van der Waals surface area contributed by atoms with Gasteiger partial charge in [-0.15, -0.1) is 0 Å². The van der Waals surface area contributed by atoms with Crippen molar-refractivity contribution < 1.29 is 14.3 Å². The molecule has 1 heterocycles. The van der Waals surface area contributed by atoms with E-state index < -0.39 is 11.8 Å². The Morgan fingerprint density at radius 1 is 0.714 bits per heavy atom. The maximum absolute atomic E-state index is 13.3. The van der Waals surface area contributed by atoms with Crippen LogP contribution in [0.1, 0.15) is 37.4 Å². The molecule has 0 unspecified atom stereocenters. The monoisotopic (exact) mass is 455 g/mol. The van der Waals surface area contributed by atoms with Crippen LogP contribution in [0.25, 0.3) is 11.1 Å². The van der Waals surface area contributed by atoms with Gasteiger partial charge in [0.15, 0.2) is 0 Å². The highest BCUT2D eigenvalue weighted by atomic mass is 16.5. The van der Waals surface area contributed by atoms with Gasteiger partial charge in [-0.25, -0.2) is 4.90 Å². The summed E-state index contributed by atoms with van der Waals surface area (Å²) in [5, 5.41) is 19.2. The molecule has 0 radical (unpaired) electrons. The molecule has 0 atom stereocenters. The number of carbonyl (C=O) groups excluding carboxylic acids is 2. The number of amides is 2. The zero-order chi connectivity index (χ0) is 24.4. The maximum Gasteiger partial charge on any atom is 0.266 e. The van der Waals surface area contributed by atoms with E-state index >= 15 is 0 Å². The van der Waals surface area contributed by atoms with E-state index in [4.69, 9.17) is 4.74 Å². The van der Waals surface area contributed by atoms with Crippen molar-refractivity contribution in [2.45, 2.75) is 6.61 Å². The second-order valence-electron chi connectivity index (χ2n) is 7.89. The van der Waals surface area contributed by atoms with Gasteiger partial charge in [0.2, 0.25) is 0 Å². The standard InChI is InChI=1S/C29H17N3O3/c30-16-20-9-4-5-10-21(20)18-35-22-13-14-24-25(15-22)29(34)32(28(24)33)27-12-6-11-23(26(27)17-31)19-7-2-1-3-8-19/h1-15H,18H2. The molecule has 2 amide bonds. The van der Waals surface area contributed by atoms with E-state index in [-0.39, 0.29) is 29.0 Å². The summed E-state index contributed by atoms with van der Waals surface area (Å²) in [5.74, 6) is -0.610. The van der Waals surface area contributed by atoms with E-state index in [1.165, 1.54) is 6.07 Å². The minimum absolute atomic E-state index is 0.145. The molecule has 0 fully saturated rings. The largest absolute Gasteiger partial charge is 0.489 e. The quantitative estimate of drug-likeness (QED) is 0.372. The molecule has 0 aliphatic carbocycles. The Morgan fingerprint density at radius 3 is 2.23 bits per heavy atom. The number of imide groups is 1. The van der Waals surface area contributed by atoms with Crippen molar-refractivity contribution in [2.24, 2.45) is 0 Å². The molecule has 1 aliphatic rings. The Kier molecular flexibility index (Phi) is 5.55. The molecule has 6 nitrogen and oxygen atoms in total. The van der Waals surface area contributed by atoms with Crippen molar-refractivity contribution in [2.75, 3.05) is 4.90 Å². The van der Waals surface area contributed by atoms with Crippen molar-refractivity contribution in [3.05, 3.63) is 119 Å². The van der Waals surface area contributed by atoms with E-state index in [2.05, 4.69) is 12.1 Å². The third kappa shape index (κ3) is 3.80. The summed E-state index contributed by atoms with van der Waals surface area (Å²) in [6.07, 6.45) is 0. The fourth-order valence-electron chi connectivity index (χ4n) is 4.15. The number of carbonyl (C=O) groups is 2. The van der Waals surface area contributed by atoms with Crippen LogP contribution in [-0.4, -0.2) is 11.8 Å². The molecular formula is C29H17N3O3. The van der Waals surface area contributed by atoms with Crippen molar-refractivity contribution in [1.29, 1.82) is 10.5 Å². The molecule has 0 saturated carbocycles. The number of nitrogens with zero attached hydrogens (tertiary/aromatic N) is 3. The van der Waals surface area contributed by atoms with E-state index in [0.717, 1.165) is 16.0 Å². The summed E-state index contributed by atoms with van der Waals surface area (Å²) in [7, 11) is 0. The summed E-state index contributed by atoms with van der Waals surface area (Å²) in [6, 6.07) is 30.6. The van der Waals surface area contributed by atoms with Crippen molar-refractivity contribution >= 4 is 17.5 Å². The highest BCUT2D eigenvalue weighted by molar-refractivity contribution is 6.35. The third-order valence-corrected chi connectivity index (χ3v) is 5.87. The van der Waals surface area contributed by atoms with Crippen LogP contribution in [0, 0.1) is 22.7 Å². The minimum atomic E-state index is -0.519. The molecule has 4 aromatic rings. The van der Waals surface area contributed by atoms with Crippen LogP contribution in [0.5, 0.6) is 5.75 Å². The van der Waals surface area contributed by atoms with Gasteiger partial charge in [-0.05, 0) is 35.9 Å². The number of nitriles is 2. The number of hydrogen-bond acceptors (Lipinski definition) is 5. The molecular weight excluding hydrogens is 438 g/mol. The first-order valence-electron chi connectivity index (χ1n) is 10.8. The fourth-order valence-corrected chi connectivity index (χ4v) is 4.15. The summed E-state index contributed by atoms with van der Waals surface area (Å²) >= 11 is 0. The molecule has 5 rings (SSSR count). The number of hydrogen-bond donors (Lipinski definition) is 0. The molecule has 0 spiro atoms. The van der Waals surface area contributed by atoms with Crippen molar-refractivity contribution in [3.63, 3.8) is 0 Å². The molecule has 166 valence electrons. The number of fused-ring (bicyclic) bond motifs is 1. The van der Waals surface area contributed by atoms with Gasteiger partial charge in [0.1, 0.15) is 18.4 Å². The highest BCUT2D eigenvalue weighted by Crippen LogP contribution is 2.36. The van der Waals surface area contributed by atoms with Crippen LogP contribution in [0.2, 0.25) is 0 Å². The van der Waals surface area contributed by atoms with Gasteiger partial charge < -0.3 is 4.74 Å². The van der Waals surface area contributed by atoms with Gasteiger partial charge in [-0.1, -0.05) is 60.7 Å². The maximum atomic E-state index is 13.3. The number of rotatable bonds is 5. The van der Waals surface area contributed by atoms with Gasteiger partial charge in [-0.3, -0.25) is 9.59 Å². The molecule has 0 saturated heterocycles. The lowest BCUT2D eigenvalue weighted by molar-refractivity contribution is 0.0926. The Labute approximate surface area is 201 Å². The van der Waals surface area contributed by atoms with Gasteiger partial charge in [0.05, 0.1) is 34.0 Å². The molecule has 0 N–H and O–H groups in total. The molecule has 0 bridgehead atoms. The number of anilines is 1. The molecule has 0 aromatic heterocycles. The summed E-state index contributed by atoms with van der Waals surface area (Å²) in [5.41, 5.74) is 3.62. The van der Waals surface area contributed by atoms with E-state index in [0.29, 0.717) is 16.9 Å². The molecule has 1 aliphatic heterocycles. The minimum Gasteiger partial charge on any atom is -0.489 e. The first-order valence-corrected chi connectivity index (χ1v) is 10.8. The Bertz CT molecular complexity index is 1560. The topological polar surface area (TPSA) is 94.2 Å². The predicted molar refractivity (Wildman–Crippen MR) is 130 cm³/mol. The lowest BCUT2D eigenvalue weighted by Crippen LogP contribution is -2.30. The second kappa shape index (κ2) is 8.97. The van der Waals surface area contributed by atoms with Crippen molar-refractivity contribution in [3.8, 4) is 29.0 Å². The zero-order valence-electron chi connectivity index (χ0n) is 18.4. The lowest BCUT2D eigenvalue weighted by atomic mass is 9.98. The third-order valence-electron chi connectivity index (χ3n) is 5.87. The lowest BCUT2D eigenvalue weighted by Gasteiger charge is -2.17. The van der Waals surface area contributed by atoms with E-state index in [1.54, 1.807) is 48.5 Å². The number of ether oxygens (including phenoxy) is 1. The SMILES string of the molecule is N#Cc1ccccc1COc1ccc2c(c1)C(=O)N(c1cccc(-c3ccccc3)c1C#N)C2=O. The first-order chi connectivity index (χ1) is 17.1. The Balaban J connectivity index is 1.47. The van der Waals surface area contributed by atoms with Gasteiger partial charge in [0.25, 0.3) is 11.8 Å². The van der Waals surface area contributed by atoms with Crippen LogP contribution in [0.3, 0.4) is 0 Å². The van der Waals surface area contributed by atoms with Gasteiger partial charge in [-0.2, -0.15) is 10.5 Å². The summed E-state index contributed by atoms with van der Waals surface area (Å²) in [4.78, 5) is 27.6. The molecule has 35 heavy (non-hydrogen) atoms. The number of benzene rings is 4. The molecule has 6 heteroatoms. The average Bonchev–Trinajstić information content (AvgIpc) is 3.16. The normalized spacial score (nSPS) is 12.1. The zero-order valence-corrected chi connectivity index (χ0v) is 18.4. The molecule has 4 aromatic carbocycles. The summed E-state index contributed by atoms with van der Waals surface area (Å²) < 4.78 is 5.82. The Morgan fingerprint density at radius 2 is 1.46 bits per heavy atom. The first kappa shape index (κ1) is 21.6. The Hall–Kier alpha value is -5.20. The fraction of sp³-hybridized carbons (Fsp3) is 0.0345. The van der Waals surface area contributed by atoms with Gasteiger partial charge >= 0.3 is 0 Å². The van der Waals surface area contributed by atoms with E-state index in [1.807, 2.05) is 36.4 Å². The van der Waals surface area contributed by atoms with Crippen LogP contribution in [0.4, 0.5) is 5.69 Å². The van der Waals surface area contributed by atoms with Crippen LogP contribution >= 0.6 is 0 Å². The second-order valence-corrected chi connectivity index (χ2v) is 7.89. The van der Waals surface area contributed by atoms with Crippen LogP contribution in [0.15, 0.2) is 91.0 Å².